The molecule has 0 atom stereocenters. The van der Waals surface area contributed by atoms with E-state index in [4.69, 9.17) is 11.6 Å². The Balaban J connectivity index is 1.52. The Kier molecular flexibility index (Phi) is 8.04. The molecule has 9 heteroatoms. The summed E-state index contributed by atoms with van der Waals surface area (Å²) in [6.07, 6.45) is -3.23. The van der Waals surface area contributed by atoms with Crippen LogP contribution in [0.2, 0.25) is 5.02 Å². The normalized spacial score (nSPS) is 13.7. The highest BCUT2D eigenvalue weighted by molar-refractivity contribution is 7.98. The first-order valence-corrected chi connectivity index (χ1v) is 12.4. The molecule has 0 fully saturated rings. The number of amides is 1. The van der Waals surface area contributed by atoms with Crippen molar-refractivity contribution >= 4 is 29.3 Å². The lowest BCUT2D eigenvalue weighted by atomic mass is 10.0. The predicted molar refractivity (Wildman–Crippen MR) is 130 cm³/mol. The van der Waals surface area contributed by atoms with Crippen LogP contribution < -0.4 is 5.32 Å². The summed E-state index contributed by atoms with van der Waals surface area (Å²) in [7, 11) is 0. The second-order valence-corrected chi connectivity index (χ2v) is 9.60. The number of benzene rings is 3. The molecule has 3 aromatic carbocycles. The second kappa shape index (κ2) is 11.0. The van der Waals surface area contributed by atoms with Crippen molar-refractivity contribution in [2.45, 2.75) is 36.3 Å². The number of nitrogens with one attached hydrogen (secondary N) is 1. The Morgan fingerprint density at radius 1 is 1.00 bits per heavy atom. The topological polar surface area (TPSA) is 32.3 Å². The van der Waals surface area contributed by atoms with E-state index >= 15 is 0 Å². The first-order chi connectivity index (χ1) is 16.7. The zero-order valence-electron chi connectivity index (χ0n) is 18.7. The van der Waals surface area contributed by atoms with Gasteiger partial charge in [0.2, 0.25) is 0 Å². The molecule has 0 radical (unpaired) electrons. The molecule has 4 rings (SSSR count). The van der Waals surface area contributed by atoms with Gasteiger partial charge in [-0.1, -0.05) is 54.1 Å². The van der Waals surface area contributed by atoms with Crippen LogP contribution in [0.15, 0.2) is 65.6 Å². The molecule has 0 unspecified atom stereocenters. The van der Waals surface area contributed by atoms with Gasteiger partial charge in [-0.05, 0) is 66.4 Å². The van der Waals surface area contributed by atoms with Crippen molar-refractivity contribution in [3.63, 3.8) is 0 Å². The maximum Gasteiger partial charge on any atom is 0.487 e. The Bertz CT molecular complexity index is 1200. The van der Waals surface area contributed by atoms with Crippen LogP contribution in [-0.4, -0.2) is 30.2 Å². The Hall–Kier alpha value is -2.55. The van der Waals surface area contributed by atoms with Crippen LogP contribution in [0.3, 0.4) is 0 Å². The number of hydrogen-bond acceptors (Lipinski definition) is 3. The van der Waals surface area contributed by atoms with Crippen LogP contribution in [0.4, 0.5) is 17.6 Å². The maximum atomic E-state index is 14.9. The van der Waals surface area contributed by atoms with Gasteiger partial charge >= 0.3 is 6.30 Å². The lowest BCUT2D eigenvalue weighted by Crippen LogP contribution is -2.42. The van der Waals surface area contributed by atoms with Crippen molar-refractivity contribution in [2.24, 2.45) is 0 Å². The average molecular weight is 523 g/mol. The third-order valence-electron chi connectivity index (χ3n) is 5.81. The average Bonchev–Trinajstić information content (AvgIpc) is 3.07. The first-order valence-electron chi connectivity index (χ1n) is 11.1. The summed E-state index contributed by atoms with van der Waals surface area (Å²) >= 11 is 7.91. The third kappa shape index (κ3) is 6.18. The number of alkyl halides is 3. The van der Waals surface area contributed by atoms with Crippen molar-refractivity contribution in [3.05, 3.63) is 99.3 Å². The van der Waals surface area contributed by atoms with Crippen LogP contribution in [-0.2, 0) is 25.1 Å². The lowest BCUT2D eigenvalue weighted by molar-refractivity contribution is -0.228. The fraction of sp³-hybridized carbons (Fsp3) is 0.269. The number of fused-ring (bicyclic) bond motifs is 1. The van der Waals surface area contributed by atoms with Crippen LogP contribution in [0, 0.1) is 5.82 Å². The van der Waals surface area contributed by atoms with Gasteiger partial charge in [0.15, 0.2) is 0 Å². The number of rotatable bonds is 6. The van der Waals surface area contributed by atoms with E-state index in [2.05, 4.69) is 5.32 Å². The first kappa shape index (κ1) is 25.5. The Morgan fingerprint density at radius 3 is 2.46 bits per heavy atom. The molecule has 0 bridgehead atoms. The third-order valence-corrected chi connectivity index (χ3v) is 7.47. The van der Waals surface area contributed by atoms with E-state index in [9.17, 15) is 22.4 Å². The predicted octanol–water partition coefficient (Wildman–Crippen LogP) is 6.62. The van der Waals surface area contributed by atoms with E-state index in [1.165, 1.54) is 41.1 Å². The Labute approximate surface area is 210 Å². The molecule has 0 aromatic heterocycles. The molecule has 1 N–H and O–H groups in total. The molecule has 0 saturated carbocycles. The molecule has 0 spiro atoms. The van der Waals surface area contributed by atoms with Crippen molar-refractivity contribution in [2.75, 3.05) is 13.1 Å². The van der Waals surface area contributed by atoms with Gasteiger partial charge in [-0.3, -0.25) is 4.79 Å². The van der Waals surface area contributed by atoms with Crippen molar-refractivity contribution < 1.29 is 22.4 Å². The highest BCUT2D eigenvalue weighted by Gasteiger charge is 2.42. The molecular formula is C26H23ClF4N2OS. The summed E-state index contributed by atoms with van der Waals surface area (Å²) in [5.74, 6) is -2.05. The number of hydrogen-bond donors (Lipinski definition) is 1. The summed E-state index contributed by atoms with van der Waals surface area (Å²) < 4.78 is 55.7. The number of carbonyl (C=O) groups is 1. The molecule has 3 aromatic rings. The fourth-order valence-corrected chi connectivity index (χ4v) is 5.48. The maximum absolute atomic E-state index is 14.9. The number of thioether (sulfide) groups is 1. The minimum Gasteiger partial charge on any atom is -0.316 e. The standard InChI is InChI=1S/C26H23ClF4N2OS/c27-22-9-7-19-10-12-32-13-11-20(19)24(22)35-16-18-6-8-21(23(28)14-18)25(34)33(26(29,30)31)15-17-4-2-1-3-5-17/h1-9,14,32H,10-13,15-16H2. The van der Waals surface area contributed by atoms with E-state index in [1.807, 2.05) is 12.1 Å². The largest absolute Gasteiger partial charge is 0.487 e. The fourth-order valence-electron chi connectivity index (χ4n) is 4.03. The molecule has 0 aliphatic carbocycles. The van der Waals surface area contributed by atoms with Gasteiger partial charge in [-0.15, -0.1) is 24.9 Å². The molecule has 1 aliphatic heterocycles. The molecule has 1 amide bonds. The van der Waals surface area contributed by atoms with Gasteiger partial charge in [-0.2, -0.15) is 0 Å². The van der Waals surface area contributed by atoms with E-state index in [0.29, 0.717) is 21.9 Å². The smallest absolute Gasteiger partial charge is 0.316 e. The highest BCUT2D eigenvalue weighted by Crippen LogP contribution is 2.36. The van der Waals surface area contributed by atoms with Gasteiger partial charge in [0.05, 0.1) is 17.1 Å². The van der Waals surface area contributed by atoms with Crippen LogP contribution in [0.5, 0.6) is 0 Å². The summed E-state index contributed by atoms with van der Waals surface area (Å²) in [5, 5.41) is 3.97. The molecule has 184 valence electrons. The van der Waals surface area contributed by atoms with Gasteiger partial charge in [-0.25, -0.2) is 9.29 Å². The van der Waals surface area contributed by atoms with Gasteiger partial charge in [0, 0.05) is 10.6 Å². The zero-order chi connectivity index (χ0) is 25.0. The van der Waals surface area contributed by atoms with Crippen molar-refractivity contribution in [1.82, 2.24) is 10.2 Å². The summed E-state index contributed by atoms with van der Waals surface area (Å²) in [6, 6.07) is 15.4. The number of halogens is 5. The monoisotopic (exact) mass is 522 g/mol. The van der Waals surface area contributed by atoms with Gasteiger partial charge in [0.25, 0.3) is 5.91 Å². The van der Waals surface area contributed by atoms with E-state index in [1.54, 1.807) is 18.2 Å². The van der Waals surface area contributed by atoms with Crippen LogP contribution >= 0.6 is 23.4 Å². The summed E-state index contributed by atoms with van der Waals surface area (Å²) in [4.78, 5) is 13.3. The number of carbonyl (C=O) groups excluding carboxylic acids is 1. The van der Waals surface area contributed by atoms with Crippen LogP contribution in [0.1, 0.15) is 32.6 Å². The molecule has 1 aliphatic rings. The van der Waals surface area contributed by atoms with Crippen molar-refractivity contribution in [3.8, 4) is 0 Å². The quantitative estimate of drug-likeness (QED) is 0.224. The van der Waals surface area contributed by atoms with E-state index in [-0.39, 0.29) is 4.90 Å². The molecule has 35 heavy (non-hydrogen) atoms. The number of nitrogens with zero attached hydrogens (tertiary/aromatic N) is 1. The minimum atomic E-state index is -4.95. The highest BCUT2D eigenvalue weighted by atomic mass is 35.5. The van der Waals surface area contributed by atoms with Gasteiger partial charge < -0.3 is 5.32 Å². The minimum absolute atomic E-state index is 0.276. The zero-order valence-corrected chi connectivity index (χ0v) is 20.2. The summed E-state index contributed by atoms with van der Waals surface area (Å²) in [5.41, 5.74) is 2.61. The molecular weight excluding hydrogens is 500 g/mol. The van der Waals surface area contributed by atoms with Crippen molar-refractivity contribution in [1.29, 1.82) is 0 Å². The SMILES string of the molecule is O=C(c1ccc(CSc2c(Cl)ccc3c2CCNCC3)cc1F)N(Cc1ccccc1)C(F)(F)F. The second-order valence-electron chi connectivity index (χ2n) is 8.21. The Morgan fingerprint density at radius 2 is 1.74 bits per heavy atom. The van der Waals surface area contributed by atoms with E-state index in [0.717, 1.165) is 43.0 Å². The molecule has 1 heterocycles. The molecule has 3 nitrogen and oxygen atoms in total. The van der Waals surface area contributed by atoms with E-state index < -0.39 is 30.1 Å². The summed E-state index contributed by atoms with van der Waals surface area (Å²) in [6.45, 7) is 1.02. The lowest BCUT2D eigenvalue weighted by Gasteiger charge is -2.25. The van der Waals surface area contributed by atoms with Gasteiger partial charge in [0.1, 0.15) is 5.82 Å². The van der Waals surface area contributed by atoms with Crippen LogP contribution in [0.25, 0.3) is 0 Å². The molecule has 0 saturated heterocycles.